The molecule has 1 heterocycles. The number of ether oxygens (including phenoxy) is 1. The van der Waals surface area contributed by atoms with Gasteiger partial charge in [0.25, 0.3) is 0 Å². The van der Waals surface area contributed by atoms with Crippen molar-refractivity contribution in [3.05, 3.63) is 104 Å². The monoisotopic (exact) mass is 596 g/mol. The molecule has 0 fully saturated rings. The molecule has 0 aliphatic heterocycles. The number of aliphatic carboxylic acids is 1. The van der Waals surface area contributed by atoms with Crippen molar-refractivity contribution < 1.29 is 23.4 Å². The van der Waals surface area contributed by atoms with Crippen molar-refractivity contribution >= 4 is 52.5 Å². The molecule has 0 saturated carbocycles. The summed E-state index contributed by atoms with van der Waals surface area (Å²) in [5.41, 5.74) is 2.15. The number of aromatic nitrogens is 2. The SMILES string of the molecule is CC(C)(c1ccc(Cl)c(Cl)c1)c1cnc(SCc2ccc(F)cc2Cl)n1-c1ccc(F)c(OCC(=O)O)c1. The quantitative estimate of drug-likeness (QED) is 0.197. The number of imidazole rings is 1. The summed E-state index contributed by atoms with van der Waals surface area (Å²) < 4.78 is 35.0. The van der Waals surface area contributed by atoms with Gasteiger partial charge in [-0.05, 0) is 47.5 Å². The fourth-order valence-electron chi connectivity index (χ4n) is 3.82. The summed E-state index contributed by atoms with van der Waals surface area (Å²) in [5.74, 6) is -2.20. The van der Waals surface area contributed by atoms with Crippen LogP contribution in [0, 0.1) is 11.6 Å². The van der Waals surface area contributed by atoms with Crippen LogP contribution in [0.1, 0.15) is 30.7 Å². The van der Waals surface area contributed by atoms with Crippen LogP contribution in [0.25, 0.3) is 5.69 Å². The molecular formula is C27H21Cl3F2N2O3S. The Balaban J connectivity index is 1.81. The van der Waals surface area contributed by atoms with E-state index in [1.165, 1.54) is 36.0 Å². The molecule has 4 aromatic rings. The van der Waals surface area contributed by atoms with Gasteiger partial charge in [0.2, 0.25) is 0 Å². The lowest BCUT2D eigenvalue weighted by atomic mass is 9.81. The second-order valence-electron chi connectivity index (χ2n) is 8.84. The van der Waals surface area contributed by atoms with Crippen molar-refractivity contribution in [3.63, 3.8) is 0 Å². The Labute approximate surface area is 237 Å². The predicted molar refractivity (Wildman–Crippen MR) is 146 cm³/mol. The van der Waals surface area contributed by atoms with Gasteiger partial charge in [0.05, 0.1) is 27.6 Å². The molecule has 5 nitrogen and oxygen atoms in total. The van der Waals surface area contributed by atoms with Crippen LogP contribution >= 0.6 is 46.6 Å². The molecule has 0 unspecified atom stereocenters. The number of hydrogen-bond donors (Lipinski definition) is 1. The molecule has 4 rings (SSSR count). The zero-order valence-corrected chi connectivity index (χ0v) is 23.2. The van der Waals surface area contributed by atoms with E-state index in [2.05, 4.69) is 4.98 Å². The Morgan fingerprint density at radius 2 is 1.79 bits per heavy atom. The maximum Gasteiger partial charge on any atom is 0.341 e. The standard InChI is InChI=1S/C27H21Cl3F2N2O3S/c1-27(2,16-4-7-19(28)21(30)9-16)24-12-33-26(38-14-15-3-5-17(31)10-20(15)29)34(24)18-6-8-22(32)23(11-18)37-13-25(35)36/h3-12H,13-14H2,1-2H3,(H,35,36). The van der Waals surface area contributed by atoms with Crippen LogP contribution in [0.3, 0.4) is 0 Å². The first kappa shape index (κ1) is 28.2. The van der Waals surface area contributed by atoms with E-state index in [-0.39, 0.29) is 10.8 Å². The minimum atomic E-state index is -1.23. The van der Waals surface area contributed by atoms with E-state index in [0.717, 1.165) is 11.3 Å². The van der Waals surface area contributed by atoms with Crippen LogP contribution in [0.5, 0.6) is 5.75 Å². The molecule has 1 N–H and O–H groups in total. The van der Waals surface area contributed by atoms with Crippen molar-refractivity contribution in [2.45, 2.75) is 30.2 Å². The highest BCUT2D eigenvalue weighted by molar-refractivity contribution is 7.98. The summed E-state index contributed by atoms with van der Waals surface area (Å²) in [5, 5.41) is 10.6. The third-order valence-electron chi connectivity index (χ3n) is 5.91. The highest BCUT2D eigenvalue weighted by Crippen LogP contribution is 2.39. The minimum absolute atomic E-state index is 0.213. The van der Waals surface area contributed by atoms with Crippen molar-refractivity contribution in [1.82, 2.24) is 9.55 Å². The Morgan fingerprint density at radius 3 is 2.47 bits per heavy atom. The van der Waals surface area contributed by atoms with Crippen molar-refractivity contribution in [1.29, 1.82) is 0 Å². The van der Waals surface area contributed by atoms with E-state index in [9.17, 15) is 13.6 Å². The smallest absolute Gasteiger partial charge is 0.341 e. The number of carbonyl (C=O) groups is 1. The molecule has 1 aromatic heterocycles. The molecule has 0 radical (unpaired) electrons. The van der Waals surface area contributed by atoms with Gasteiger partial charge in [-0.2, -0.15) is 0 Å². The molecule has 38 heavy (non-hydrogen) atoms. The lowest BCUT2D eigenvalue weighted by Crippen LogP contribution is -2.23. The van der Waals surface area contributed by atoms with Crippen molar-refractivity contribution in [3.8, 4) is 11.4 Å². The number of carboxylic acid groups (broad SMARTS) is 1. The van der Waals surface area contributed by atoms with E-state index >= 15 is 0 Å². The van der Waals surface area contributed by atoms with Crippen LogP contribution in [-0.4, -0.2) is 27.2 Å². The van der Waals surface area contributed by atoms with Crippen LogP contribution in [0.4, 0.5) is 8.78 Å². The summed E-state index contributed by atoms with van der Waals surface area (Å²) in [6.07, 6.45) is 1.71. The first-order valence-electron chi connectivity index (χ1n) is 11.2. The van der Waals surface area contributed by atoms with Crippen LogP contribution in [-0.2, 0) is 16.0 Å². The second-order valence-corrected chi connectivity index (χ2v) is 11.0. The molecule has 0 atom stereocenters. The van der Waals surface area contributed by atoms with Crippen molar-refractivity contribution in [2.75, 3.05) is 6.61 Å². The number of rotatable bonds is 9. The summed E-state index contributed by atoms with van der Waals surface area (Å²) in [6, 6.07) is 13.7. The second kappa shape index (κ2) is 11.5. The average molecular weight is 598 g/mol. The highest BCUT2D eigenvalue weighted by Gasteiger charge is 2.30. The molecular weight excluding hydrogens is 577 g/mol. The lowest BCUT2D eigenvalue weighted by Gasteiger charge is -2.28. The number of benzene rings is 3. The van der Waals surface area contributed by atoms with Gasteiger partial charge in [0.15, 0.2) is 23.3 Å². The largest absolute Gasteiger partial charge is 0.479 e. The van der Waals surface area contributed by atoms with Gasteiger partial charge in [-0.15, -0.1) is 0 Å². The van der Waals surface area contributed by atoms with Gasteiger partial charge in [-0.25, -0.2) is 18.6 Å². The third kappa shape index (κ3) is 6.10. The van der Waals surface area contributed by atoms with E-state index in [0.29, 0.717) is 32.2 Å². The van der Waals surface area contributed by atoms with E-state index in [1.807, 2.05) is 24.5 Å². The highest BCUT2D eigenvalue weighted by atomic mass is 35.5. The van der Waals surface area contributed by atoms with Crippen LogP contribution in [0.15, 0.2) is 66.0 Å². The normalized spacial score (nSPS) is 11.6. The van der Waals surface area contributed by atoms with E-state index in [1.54, 1.807) is 30.5 Å². The van der Waals surface area contributed by atoms with Crippen LogP contribution in [0.2, 0.25) is 15.1 Å². The Bertz CT molecular complexity index is 1510. The topological polar surface area (TPSA) is 64.4 Å². The molecule has 0 saturated heterocycles. The number of carboxylic acids is 1. The molecule has 0 aliphatic carbocycles. The minimum Gasteiger partial charge on any atom is -0.479 e. The molecule has 11 heteroatoms. The van der Waals surface area contributed by atoms with Gasteiger partial charge in [0.1, 0.15) is 5.82 Å². The Kier molecular flexibility index (Phi) is 8.57. The maximum atomic E-state index is 14.5. The maximum absolute atomic E-state index is 14.5. The van der Waals surface area contributed by atoms with Gasteiger partial charge >= 0.3 is 5.97 Å². The molecule has 0 spiro atoms. The average Bonchev–Trinajstić information content (AvgIpc) is 3.29. The predicted octanol–water partition coefficient (Wildman–Crippen LogP) is 8.19. The van der Waals surface area contributed by atoms with Gasteiger partial charge < -0.3 is 9.84 Å². The fourth-order valence-corrected chi connectivity index (χ4v) is 5.43. The summed E-state index contributed by atoms with van der Waals surface area (Å²) in [7, 11) is 0. The molecule has 0 aliphatic rings. The lowest BCUT2D eigenvalue weighted by molar-refractivity contribution is -0.139. The van der Waals surface area contributed by atoms with E-state index < -0.39 is 29.6 Å². The molecule has 0 amide bonds. The van der Waals surface area contributed by atoms with E-state index in [4.69, 9.17) is 44.6 Å². The fraction of sp³-hybridized carbons (Fsp3) is 0.185. The van der Waals surface area contributed by atoms with Crippen LogP contribution < -0.4 is 4.74 Å². The van der Waals surface area contributed by atoms with Gasteiger partial charge in [0, 0.05) is 22.3 Å². The molecule has 198 valence electrons. The van der Waals surface area contributed by atoms with Gasteiger partial charge in [-0.3, -0.25) is 4.57 Å². The number of halogens is 5. The number of thioether (sulfide) groups is 1. The number of hydrogen-bond acceptors (Lipinski definition) is 4. The first-order chi connectivity index (χ1) is 18.0. The summed E-state index contributed by atoms with van der Waals surface area (Å²) in [6.45, 7) is 3.27. The molecule has 0 bridgehead atoms. The first-order valence-corrected chi connectivity index (χ1v) is 13.3. The zero-order chi connectivity index (χ0) is 27.6. The Hall–Kier alpha value is -2.78. The number of nitrogens with zero attached hydrogens (tertiary/aromatic N) is 2. The Morgan fingerprint density at radius 1 is 1.03 bits per heavy atom. The zero-order valence-electron chi connectivity index (χ0n) is 20.1. The summed E-state index contributed by atoms with van der Waals surface area (Å²) in [4.78, 5) is 15.6. The van der Waals surface area contributed by atoms with Gasteiger partial charge in [-0.1, -0.05) is 72.5 Å². The molecule has 3 aromatic carbocycles. The summed E-state index contributed by atoms with van der Waals surface area (Å²) >= 11 is 20.0. The van der Waals surface area contributed by atoms with Crippen molar-refractivity contribution in [2.24, 2.45) is 0 Å². The third-order valence-corrected chi connectivity index (χ3v) is 8.00.